The summed E-state index contributed by atoms with van der Waals surface area (Å²) in [5.74, 6) is -0.354. The third kappa shape index (κ3) is 2.11. The molecule has 0 bridgehead atoms. The van der Waals surface area contributed by atoms with E-state index in [4.69, 9.17) is 4.74 Å². The van der Waals surface area contributed by atoms with Crippen LogP contribution < -0.4 is 10.6 Å². The Morgan fingerprint density at radius 1 is 1.75 bits per heavy atom. The molecular weight excluding hydrogens is 160 g/mol. The molecule has 1 fully saturated rings. The van der Waals surface area contributed by atoms with Gasteiger partial charge in [0.1, 0.15) is 6.04 Å². The SMILES string of the molecule is CCOC(=O)C1CCNC(=O)N1. The second kappa shape index (κ2) is 3.94. The Hall–Kier alpha value is -1.26. The number of urea groups is 1. The molecule has 68 valence electrons. The van der Waals surface area contributed by atoms with E-state index in [9.17, 15) is 9.59 Å². The molecule has 1 aliphatic heterocycles. The Kier molecular flexibility index (Phi) is 2.90. The van der Waals surface area contributed by atoms with Crippen molar-refractivity contribution < 1.29 is 14.3 Å². The first-order valence-corrected chi connectivity index (χ1v) is 3.95. The largest absolute Gasteiger partial charge is 0.464 e. The number of carbonyl (C=O) groups excluding carboxylic acids is 2. The summed E-state index contributed by atoms with van der Waals surface area (Å²) in [5, 5.41) is 5.03. The van der Waals surface area contributed by atoms with E-state index >= 15 is 0 Å². The van der Waals surface area contributed by atoms with Gasteiger partial charge in [-0.15, -0.1) is 0 Å². The van der Waals surface area contributed by atoms with Crippen LogP contribution >= 0.6 is 0 Å². The van der Waals surface area contributed by atoms with Crippen molar-refractivity contribution in [2.24, 2.45) is 0 Å². The molecule has 2 N–H and O–H groups in total. The predicted octanol–water partition coefficient (Wildman–Crippen LogP) is -0.379. The molecule has 0 radical (unpaired) electrons. The number of ether oxygens (including phenoxy) is 1. The average Bonchev–Trinajstić information content (AvgIpc) is 2.05. The first kappa shape index (κ1) is 8.83. The van der Waals surface area contributed by atoms with E-state index < -0.39 is 6.04 Å². The second-order valence-electron chi connectivity index (χ2n) is 2.49. The lowest BCUT2D eigenvalue weighted by Crippen LogP contribution is -2.52. The standard InChI is InChI=1S/C7H12N2O3/c1-2-12-6(10)5-3-4-8-7(11)9-5/h5H,2-4H2,1H3,(H2,8,9,11). The molecule has 5 heteroatoms. The van der Waals surface area contributed by atoms with Crippen molar-refractivity contribution in [1.82, 2.24) is 10.6 Å². The molecule has 0 aromatic carbocycles. The zero-order chi connectivity index (χ0) is 8.97. The normalized spacial score (nSPS) is 22.4. The monoisotopic (exact) mass is 172 g/mol. The number of amides is 2. The number of hydrogen-bond donors (Lipinski definition) is 2. The minimum atomic E-state index is -0.473. The minimum Gasteiger partial charge on any atom is -0.464 e. The Balaban J connectivity index is 2.40. The summed E-state index contributed by atoms with van der Waals surface area (Å²) < 4.78 is 4.75. The molecule has 0 aromatic rings. The van der Waals surface area contributed by atoms with Gasteiger partial charge in [-0.3, -0.25) is 0 Å². The molecule has 1 atom stereocenters. The molecular formula is C7H12N2O3. The average molecular weight is 172 g/mol. The Morgan fingerprint density at radius 2 is 2.50 bits per heavy atom. The molecule has 1 saturated heterocycles. The van der Waals surface area contributed by atoms with Crippen molar-refractivity contribution >= 4 is 12.0 Å². The van der Waals surface area contributed by atoms with Crippen LogP contribution in [0.1, 0.15) is 13.3 Å². The van der Waals surface area contributed by atoms with Crippen molar-refractivity contribution in [2.75, 3.05) is 13.2 Å². The molecule has 5 nitrogen and oxygen atoms in total. The number of nitrogens with one attached hydrogen (secondary N) is 2. The van der Waals surface area contributed by atoms with Crippen molar-refractivity contribution in [3.05, 3.63) is 0 Å². The van der Waals surface area contributed by atoms with Crippen LogP contribution in [0.25, 0.3) is 0 Å². The van der Waals surface area contributed by atoms with Gasteiger partial charge in [-0.1, -0.05) is 0 Å². The summed E-state index contributed by atoms with van der Waals surface area (Å²) in [7, 11) is 0. The third-order valence-corrected chi connectivity index (χ3v) is 1.60. The van der Waals surface area contributed by atoms with Gasteiger partial charge in [0.05, 0.1) is 6.61 Å². The van der Waals surface area contributed by atoms with Gasteiger partial charge in [-0.2, -0.15) is 0 Å². The zero-order valence-corrected chi connectivity index (χ0v) is 6.92. The van der Waals surface area contributed by atoms with Gasteiger partial charge in [-0.25, -0.2) is 9.59 Å². The van der Waals surface area contributed by atoms with Crippen LogP contribution in [0, 0.1) is 0 Å². The van der Waals surface area contributed by atoms with Crippen LogP contribution in [0.4, 0.5) is 4.79 Å². The summed E-state index contributed by atoms with van der Waals surface area (Å²) in [6.45, 7) is 2.61. The lowest BCUT2D eigenvalue weighted by atomic mass is 10.2. The molecule has 1 rings (SSSR count). The smallest absolute Gasteiger partial charge is 0.328 e. The third-order valence-electron chi connectivity index (χ3n) is 1.60. The second-order valence-corrected chi connectivity index (χ2v) is 2.49. The van der Waals surface area contributed by atoms with E-state index in [1.54, 1.807) is 6.92 Å². The van der Waals surface area contributed by atoms with Crippen LogP contribution in [0.2, 0.25) is 0 Å². The number of rotatable bonds is 2. The Bertz CT molecular complexity index is 193. The summed E-state index contributed by atoms with van der Waals surface area (Å²) >= 11 is 0. The van der Waals surface area contributed by atoms with E-state index in [-0.39, 0.29) is 12.0 Å². The summed E-state index contributed by atoms with van der Waals surface area (Å²) in [6.07, 6.45) is 0.588. The fraction of sp³-hybridized carbons (Fsp3) is 0.714. The predicted molar refractivity (Wildman–Crippen MR) is 41.6 cm³/mol. The van der Waals surface area contributed by atoms with Gasteiger partial charge >= 0.3 is 12.0 Å². The van der Waals surface area contributed by atoms with E-state index in [2.05, 4.69) is 10.6 Å². The first-order valence-electron chi connectivity index (χ1n) is 3.95. The molecule has 2 amide bonds. The number of hydrogen-bond acceptors (Lipinski definition) is 3. The maximum absolute atomic E-state index is 11.1. The zero-order valence-electron chi connectivity index (χ0n) is 6.92. The quantitative estimate of drug-likeness (QED) is 0.558. The molecule has 0 aliphatic carbocycles. The molecule has 0 saturated carbocycles. The lowest BCUT2D eigenvalue weighted by molar-refractivity contribution is -0.145. The van der Waals surface area contributed by atoms with Crippen LogP contribution in [0.3, 0.4) is 0 Å². The summed E-state index contributed by atoms with van der Waals surface area (Å²) in [5.41, 5.74) is 0. The van der Waals surface area contributed by atoms with E-state index in [1.165, 1.54) is 0 Å². The van der Waals surface area contributed by atoms with Crippen molar-refractivity contribution in [2.45, 2.75) is 19.4 Å². The molecule has 1 heterocycles. The lowest BCUT2D eigenvalue weighted by Gasteiger charge is -2.22. The van der Waals surface area contributed by atoms with Crippen LogP contribution in [0.15, 0.2) is 0 Å². The van der Waals surface area contributed by atoms with Crippen LogP contribution in [-0.2, 0) is 9.53 Å². The van der Waals surface area contributed by atoms with Gasteiger partial charge < -0.3 is 15.4 Å². The fourth-order valence-electron chi connectivity index (χ4n) is 1.03. The minimum absolute atomic E-state index is 0.306. The fourth-order valence-corrected chi connectivity index (χ4v) is 1.03. The van der Waals surface area contributed by atoms with Crippen LogP contribution in [-0.4, -0.2) is 31.2 Å². The van der Waals surface area contributed by atoms with Crippen molar-refractivity contribution in [3.63, 3.8) is 0 Å². The van der Waals surface area contributed by atoms with Crippen molar-refractivity contribution in [3.8, 4) is 0 Å². The van der Waals surface area contributed by atoms with E-state index in [0.29, 0.717) is 19.6 Å². The molecule has 12 heavy (non-hydrogen) atoms. The van der Waals surface area contributed by atoms with Gasteiger partial charge in [-0.05, 0) is 13.3 Å². The molecule has 1 unspecified atom stereocenters. The van der Waals surface area contributed by atoms with E-state index in [0.717, 1.165) is 0 Å². The van der Waals surface area contributed by atoms with E-state index in [1.807, 2.05) is 0 Å². The van der Waals surface area contributed by atoms with Gasteiger partial charge in [0.2, 0.25) is 0 Å². The van der Waals surface area contributed by atoms with Crippen molar-refractivity contribution in [1.29, 1.82) is 0 Å². The molecule has 0 aromatic heterocycles. The highest BCUT2D eigenvalue weighted by molar-refractivity contribution is 5.84. The number of carbonyl (C=O) groups is 2. The molecule has 1 aliphatic rings. The summed E-state index contributed by atoms with van der Waals surface area (Å²) in [6, 6.07) is -0.780. The Labute approximate surface area is 70.5 Å². The highest BCUT2D eigenvalue weighted by Gasteiger charge is 2.24. The summed E-state index contributed by atoms with van der Waals surface area (Å²) in [4.78, 5) is 21.8. The van der Waals surface area contributed by atoms with Crippen LogP contribution in [0.5, 0.6) is 0 Å². The topological polar surface area (TPSA) is 67.4 Å². The van der Waals surface area contributed by atoms with Gasteiger partial charge in [0, 0.05) is 6.54 Å². The molecule has 0 spiro atoms. The highest BCUT2D eigenvalue weighted by Crippen LogP contribution is 1.98. The maximum Gasteiger partial charge on any atom is 0.328 e. The maximum atomic E-state index is 11.1. The first-order chi connectivity index (χ1) is 5.74. The van der Waals surface area contributed by atoms with Gasteiger partial charge in [0.25, 0.3) is 0 Å². The Morgan fingerprint density at radius 3 is 3.08 bits per heavy atom. The number of esters is 1. The highest BCUT2D eigenvalue weighted by atomic mass is 16.5. The van der Waals surface area contributed by atoms with Gasteiger partial charge in [0.15, 0.2) is 0 Å².